The molecule has 0 radical (unpaired) electrons. The van der Waals surface area contributed by atoms with Crippen molar-refractivity contribution >= 4 is 11.8 Å². The van der Waals surface area contributed by atoms with Crippen molar-refractivity contribution in [2.45, 2.75) is 57.6 Å². The quantitative estimate of drug-likeness (QED) is 0.546. The molecule has 0 nitrogen and oxygen atoms in total. The Balaban J connectivity index is 3.23. The van der Waals surface area contributed by atoms with Crippen LogP contribution in [0.15, 0.2) is 0 Å². The molecule has 0 aliphatic rings. The van der Waals surface area contributed by atoms with Crippen molar-refractivity contribution in [3.63, 3.8) is 0 Å². The zero-order valence-corrected chi connectivity index (χ0v) is 9.26. The van der Waals surface area contributed by atoms with Crippen LogP contribution < -0.4 is 0 Å². The van der Waals surface area contributed by atoms with Gasteiger partial charge in [0, 0.05) is 4.75 Å². The molecule has 0 heterocycles. The normalized spacial score (nSPS) is 12.0. The molecule has 0 aliphatic carbocycles. The Morgan fingerprint density at radius 1 is 1.09 bits per heavy atom. The van der Waals surface area contributed by atoms with Gasteiger partial charge in [-0.3, -0.25) is 0 Å². The smallest absolute Gasteiger partial charge is 0.0100 e. The molecule has 0 bridgehead atoms. The van der Waals surface area contributed by atoms with Crippen LogP contribution in [0.25, 0.3) is 0 Å². The zero-order chi connectivity index (χ0) is 8.74. The van der Waals surface area contributed by atoms with Crippen LogP contribution in [0.2, 0.25) is 0 Å². The van der Waals surface area contributed by atoms with Crippen LogP contribution in [0.1, 0.15) is 52.9 Å². The van der Waals surface area contributed by atoms with Gasteiger partial charge in [0.1, 0.15) is 0 Å². The van der Waals surface area contributed by atoms with Crippen molar-refractivity contribution in [1.82, 2.24) is 0 Å². The van der Waals surface area contributed by atoms with E-state index in [-0.39, 0.29) is 0 Å². The highest BCUT2D eigenvalue weighted by Gasteiger charge is 2.14. The SMILES string of the molecule is CCCCCCC(C)(C)SC. The molecule has 0 saturated heterocycles. The molecule has 0 atom stereocenters. The van der Waals surface area contributed by atoms with Gasteiger partial charge < -0.3 is 0 Å². The molecule has 0 rings (SSSR count). The highest BCUT2D eigenvalue weighted by atomic mass is 32.2. The molecule has 0 amide bonds. The van der Waals surface area contributed by atoms with Gasteiger partial charge in [-0.1, -0.05) is 46.5 Å². The maximum Gasteiger partial charge on any atom is 0.0100 e. The summed E-state index contributed by atoms with van der Waals surface area (Å²) in [6.07, 6.45) is 9.15. The fraction of sp³-hybridized carbons (Fsp3) is 1.00. The molecule has 1 heteroatoms. The standard InChI is InChI=1S/C10H22S/c1-5-6-7-8-9-10(2,3)11-4/h5-9H2,1-4H3. The highest BCUT2D eigenvalue weighted by molar-refractivity contribution is 7.99. The minimum absolute atomic E-state index is 0.508. The second kappa shape index (κ2) is 5.93. The summed E-state index contributed by atoms with van der Waals surface area (Å²) in [5.41, 5.74) is 0. The minimum atomic E-state index is 0.508. The number of thioether (sulfide) groups is 1. The summed E-state index contributed by atoms with van der Waals surface area (Å²) in [6.45, 7) is 6.94. The van der Waals surface area contributed by atoms with Crippen LogP contribution >= 0.6 is 11.8 Å². The van der Waals surface area contributed by atoms with Gasteiger partial charge in [0.2, 0.25) is 0 Å². The molecule has 68 valence electrons. The maximum absolute atomic E-state index is 2.34. The molecule has 0 spiro atoms. The van der Waals surface area contributed by atoms with Crippen LogP contribution in [-0.4, -0.2) is 11.0 Å². The number of hydrogen-bond donors (Lipinski definition) is 0. The predicted molar refractivity (Wildman–Crippen MR) is 56.4 cm³/mol. The Labute approximate surface area is 76.1 Å². The summed E-state index contributed by atoms with van der Waals surface area (Å²) < 4.78 is 0.508. The summed E-state index contributed by atoms with van der Waals surface area (Å²) in [6, 6.07) is 0. The molecule has 0 saturated carbocycles. The third-order valence-corrected chi connectivity index (χ3v) is 3.49. The lowest BCUT2D eigenvalue weighted by Crippen LogP contribution is -2.13. The number of unbranched alkanes of at least 4 members (excludes halogenated alkanes) is 3. The van der Waals surface area contributed by atoms with Gasteiger partial charge in [-0.05, 0) is 12.7 Å². The summed E-state index contributed by atoms with van der Waals surface area (Å²) in [4.78, 5) is 0. The van der Waals surface area contributed by atoms with E-state index < -0.39 is 0 Å². The first-order chi connectivity index (χ1) is 5.12. The predicted octanol–water partition coefficient (Wildman–Crippen LogP) is 4.10. The highest BCUT2D eigenvalue weighted by Crippen LogP contribution is 2.27. The van der Waals surface area contributed by atoms with Crippen molar-refractivity contribution in [3.8, 4) is 0 Å². The van der Waals surface area contributed by atoms with E-state index in [9.17, 15) is 0 Å². The second-order valence-electron chi connectivity index (χ2n) is 3.77. The Morgan fingerprint density at radius 3 is 2.18 bits per heavy atom. The summed E-state index contributed by atoms with van der Waals surface area (Å²) in [7, 11) is 0. The van der Waals surface area contributed by atoms with Crippen LogP contribution in [0.4, 0.5) is 0 Å². The molecule has 0 N–H and O–H groups in total. The Morgan fingerprint density at radius 2 is 1.73 bits per heavy atom. The molecule has 0 fully saturated rings. The van der Waals surface area contributed by atoms with E-state index in [2.05, 4.69) is 27.0 Å². The lowest BCUT2D eigenvalue weighted by molar-refractivity contribution is 0.560. The topological polar surface area (TPSA) is 0 Å². The van der Waals surface area contributed by atoms with Crippen LogP contribution in [0, 0.1) is 0 Å². The first-order valence-electron chi connectivity index (χ1n) is 4.67. The number of hydrogen-bond acceptors (Lipinski definition) is 1. The Bertz CT molecular complexity index is 86.9. The minimum Gasteiger partial charge on any atom is -0.159 e. The Kier molecular flexibility index (Phi) is 6.12. The summed E-state index contributed by atoms with van der Waals surface area (Å²) in [5.74, 6) is 0. The maximum atomic E-state index is 2.34. The summed E-state index contributed by atoms with van der Waals surface area (Å²) >= 11 is 1.99. The molecular formula is C10H22S. The Hall–Kier alpha value is 0.350. The largest absolute Gasteiger partial charge is 0.159 e. The van der Waals surface area contributed by atoms with E-state index in [1.54, 1.807) is 0 Å². The first kappa shape index (κ1) is 11.4. The van der Waals surface area contributed by atoms with E-state index in [4.69, 9.17) is 0 Å². The monoisotopic (exact) mass is 174 g/mol. The second-order valence-corrected chi connectivity index (χ2v) is 5.29. The van der Waals surface area contributed by atoms with E-state index >= 15 is 0 Å². The van der Waals surface area contributed by atoms with Gasteiger partial charge in [0.25, 0.3) is 0 Å². The number of rotatable bonds is 6. The molecule has 0 unspecified atom stereocenters. The third-order valence-electron chi connectivity index (χ3n) is 2.18. The lowest BCUT2D eigenvalue weighted by atomic mass is 10.0. The van der Waals surface area contributed by atoms with Gasteiger partial charge >= 0.3 is 0 Å². The molecular weight excluding hydrogens is 152 g/mol. The van der Waals surface area contributed by atoms with Gasteiger partial charge in [0.05, 0.1) is 0 Å². The van der Waals surface area contributed by atoms with E-state index in [0.717, 1.165) is 0 Å². The average molecular weight is 174 g/mol. The average Bonchev–Trinajstić information content (AvgIpc) is 1.99. The van der Waals surface area contributed by atoms with Crippen molar-refractivity contribution in [3.05, 3.63) is 0 Å². The van der Waals surface area contributed by atoms with E-state index in [0.29, 0.717) is 4.75 Å². The van der Waals surface area contributed by atoms with E-state index in [1.165, 1.54) is 32.1 Å². The fourth-order valence-corrected chi connectivity index (χ4v) is 1.43. The van der Waals surface area contributed by atoms with Crippen LogP contribution in [0.5, 0.6) is 0 Å². The molecule has 11 heavy (non-hydrogen) atoms. The van der Waals surface area contributed by atoms with Crippen LogP contribution in [-0.2, 0) is 0 Å². The van der Waals surface area contributed by atoms with Crippen molar-refractivity contribution < 1.29 is 0 Å². The van der Waals surface area contributed by atoms with Crippen LogP contribution in [0.3, 0.4) is 0 Å². The van der Waals surface area contributed by atoms with Crippen molar-refractivity contribution in [2.75, 3.05) is 6.26 Å². The van der Waals surface area contributed by atoms with Gasteiger partial charge in [-0.15, -0.1) is 0 Å². The zero-order valence-electron chi connectivity index (χ0n) is 8.44. The van der Waals surface area contributed by atoms with Gasteiger partial charge in [0.15, 0.2) is 0 Å². The van der Waals surface area contributed by atoms with Gasteiger partial charge in [-0.25, -0.2) is 0 Å². The first-order valence-corrected chi connectivity index (χ1v) is 5.90. The van der Waals surface area contributed by atoms with Crippen molar-refractivity contribution in [2.24, 2.45) is 0 Å². The lowest BCUT2D eigenvalue weighted by Gasteiger charge is -2.21. The van der Waals surface area contributed by atoms with Crippen molar-refractivity contribution in [1.29, 1.82) is 0 Å². The molecule has 0 aromatic carbocycles. The molecule has 0 aromatic heterocycles. The third kappa shape index (κ3) is 6.74. The van der Waals surface area contributed by atoms with E-state index in [1.807, 2.05) is 11.8 Å². The fourth-order valence-electron chi connectivity index (χ4n) is 1.08. The van der Waals surface area contributed by atoms with Gasteiger partial charge in [-0.2, -0.15) is 11.8 Å². The molecule has 0 aliphatic heterocycles. The summed E-state index contributed by atoms with van der Waals surface area (Å²) in [5, 5.41) is 0. The molecule has 0 aromatic rings.